The first kappa shape index (κ1) is 21.3. The van der Waals surface area contributed by atoms with Gasteiger partial charge in [0.05, 0.1) is 11.5 Å². The molecule has 0 bridgehead atoms. The molecule has 0 saturated carbocycles. The third kappa shape index (κ3) is 12.3. The number of likely N-dealkylation sites (tertiary alicyclic amines) is 1. The van der Waals surface area contributed by atoms with Crippen molar-refractivity contribution in [1.82, 2.24) is 4.90 Å². The van der Waals surface area contributed by atoms with Crippen molar-refractivity contribution in [2.75, 3.05) is 19.6 Å². The van der Waals surface area contributed by atoms with E-state index in [0.717, 1.165) is 5.92 Å². The van der Waals surface area contributed by atoms with E-state index in [9.17, 15) is 0 Å². The normalized spacial score (nSPS) is 18.7. The van der Waals surface area contributed by atoms with Crippen LogP contribution in [0.2, 0.25) is 0 Å². The molecule has 138 valence electrons. The Morgan fingerprint density at radius 1 is 0.870 bits per heavy atom. The van der Waals surface area contributed by atoms with Gasteiger partial charge >= 0.3 is 0 Å². The van der Waals surface area contributed by atoms with E-state index in [-0.39, 0.29) is 5.44 Å². The van der Waals surface area contributed by atoms with Crippen LogP contribution in [0.15, 0.2) is 0 Å². The van der Waals surface area contributed by atoms with Crippen LogP contribution in [0.25, 0.3) is 0 Å². The number of hydrogen-bond donors (Lipinski definition) is 1. The summed E-state index contributed by atoms with van der Waals surface area (Å²) in [7, 11) is 0. The van der Waals surface area contributed by atoms with Crippen LogP contribution in [0.3, 0.4) is 0 Å². The Balaban J connectivity index is 1.83. The molecule has 0 radical (unpaired) electrons. The molecule has 0 aromatic rings. The van der Waals surface area contributed by atoms with E-state index < -0.39 is 0 Å². The highest BCUT2D eigenvalue weighted by molar-refractivity contribution is 7.80. The van der Waals surface area contributed by atoms with Gasteiger partial charge in [0, 0.05) is 13.1 Å². The van der Waals surface area contributed by atoms with E-state index in [1.54, 1.807) is 0 Å². The van der Waals surface area contributed by atoms with Gasteiger partial charge in [-0.05, 0) is 38.6 Å². The summed E-state index contributed by atoms with van der Waals surface area (Å²) in [6.07, 6.45) is 15.7. The van der Waals surface area contributed by atoms with Gasteiger partial charge < -0.3 is 9.64 Å². The quantitative estimate of drug-likeness (QED) is 0.253. The Morgan fingerprint density at radius 2 is 1.39 bits per heavy atom. The predicted octanol–water partition coefficient (Wildman–Crippen LogP) is 5.91. The molecule has 1 aliphatic heterocycles. The molecule has 0 amide bonds. The van der Waals surface area contributed by atoms with Crippen molar-refractivity contribution >= 4 is 12.6 Å². The van der Waals surface area contributed by atoms with Crippen LogP contribution >= 0.6 is 12.6 Å². The van der Waals surface area contributed by atoms with Gasteiger partial charge in [-0.2, -0.15) is 0 Å². The van der Waals surface area contributed by atoms with Gasteiger partial charge in [0.15, 0.2) is 0 Å². The van der Waals surface area contributed by atoms with E-state index in [4.69, 9.17) is 4.74 Å². The zero-order valence-corrected chi connectivity index (χ0v) is 16.8. The molecule has 0 spiro atoms. The standard InChI is InChI=1S/C20H41NOS/c1-18(2)12-10-8-6-4-5-7-9-11-15-21-16-13-20(14-17-21)22-19(3)23/h18-20,23H,4-17H2,1-3H3. The largest absolute Gasteiger partial charge is 0.365 e. The molecule has 1 saturated heterocycles. The van der Waals surface area contributed by atoms with Gasteiger partial charge in [0.25, 0.3) is 0 Å². The number of rotatable bonds is 13. The molecule has 1 atom stereocenters. The molecule has 2 nitrogen and oxygen atoms in total. The van der Waals surface area contributed by atoms with E-state index >= 15 is 0 Å². The fraction of sp³-hybridized carbons (Fsp3) is 1.00. The van der Waals surface area contributed by atoms with Crippen molar-refractivity contribution in [3.63, 3.8) is 0 Å². The molecule has 1 aliphatic rings. The predicted molar refractivity (Wildman–Crippen MR) is 105 cm³/mol. The van der Waals surface area contributed by atoms with Crippen molar-refractivity contribution in [2.24, 2.45) is 5.92 Å². The van der Waals surface area contributed by atoms with Crippen LogP contribution in [-0.4, -0.2) is 36.1 Å². The summed E-state index contributed by atoms with van der Waals surface area (Å²) in [5, 5.41) is 0. The first-order valence-electron chi connectivity index (χ1n) is 10.1. The van der Waals surface area contributed by atoms with Gasteiger partial charge in [-0.25, -0.2) is 0 Å². The number of unbranched alkanes of at least 4 members (excludes halogenated alkanes) is 7. The first-order valence-corrected chi connectivity index (χ1v) is 10.7. The smallest absolute Gasteiger partial charge is 0.0975 e. The fourth-order valence-corrected chi connectivity index (χ4v) is 3.67. The Morgan fingerprint density at radius 3 is 1.91 bits per heavy atom. The summed E-state index contributed by atoms with van der Waals surface area (Å²) in [6, 6.07) is 0. The number of thiol groups is 1. The lowest BCUT2D eigenvalue weighted by Crippen LogP contribution is -2.38. The minimum atomic E-state index is 0.0805. The van der Waals surface area contributed by atoms with E-state index in [0.29, 0.717) is 6.10 Å². The van der Waals surface area contributed by atoms with Crippen molar-refractivity contribution in [3.8, 4) is 0 Å². The molecule has 3 heteroatoms. The maximum atomic E-state index is 5.79. The lowest BCUT2D eigenvalue weighted by atomic mass is 10.0. The molecule has 1 unspecified atom stereocenters. The Kier molecular flexibility index (Phi) is 12.6. The second-order valence-corrected chi connectivity index (χ2v) is 8.51. The van der Waals surface area contributed by atoms with Crippen LogP contribution in [0.1, 0.15) is 91.4 Å². The first-order chi connectivity index (χ1) is 11.1. The van der Waals surface area contributed by atoms with Crippen molar-refractivity contribution < 1.29 is 4.74 Å². The highest BCUT2D eigenvalue weighted by Gasteiger charge is 2.19. The monoisotopic (exact) mass is 343 g/mol. The third-order valence-corrected chi connectivity index (χ3v) is 5.05. The third-order valence-electron chi connectivity index (χ3n) is 4.93. The average Bonchev–Trinajstić information content (AvgIpc) is 2.50. The molecular weight excluding hydrogens is 302 g/mol. The van der Waals surface area contributed by atoms with E-state index in [2.05, 4.69) is 31.4 Å². The number of ether oxygens (including phenoxy) is 1. The SMILES string of the molecule is CC(C)CCCCCCCCCCN1CCC(OC(C)S)CC1. The Hall–Kier alpha value is 0.270. The number of nitrogens with zero attached hydrogens (tertiary/aromatic N) is 1. The molecule has 0 aromatic carbocycles. The minimum Gasteiger partial charge on any atom is -0.365 e. The Labute approximate surface area is 151 Å². The van der Waals surface area contributed by atoms with Crippen LogP contribution in [-0.2, 0) is 4.74 Å². The topological polar surface area (TPSA) is 12.5 Å². The summed E-state index contributed by atoms with van der Waals surface area (Å²) in [6.45, 7) is 10.4. The minimum absolute atomic E-state index is 0.0805. The molecule has 23 heavy (non-hydrogen) atoms. The van der Waals surface area contributed by atoms with Crippen molar-refractivity contribution in [2.45, 2.75) is 103 Å². The summed E-state index contributed by atoms with van der Waals surface area (Å²) in [5.41, 5.74) is 0.0805. The van der Waals surface area contributed by atoms with Gasteiger partial charge in [0.1, 0.15) is 0 Å². The second kappa shape index (κ2) is 13.5. The molecule has 1 fully saturated rings. The van der Waals surface area contributed by atoms with Crippen molar-refractivity contribution in [1.29, 1.82) is 0 Å². The molecule has 0 aromatic heterocycles. The molecule has 0 aliphatic carbocycles. The zero-order chi connectivity index (χ0) is 16.9. The van der Waals surface area contributed by atoms with Crippen molar-refractivity contribution in [3.05, 3.63) is 0 Å². The molecule has 1 heterocycles. The fourth-order valence-electron chi connectivity index (χ4n) is 3.50. The van der Waals surface area contributed by atoms with Crippen LogP contribution in [0.5, 0.6) is 0 Å². The summed E-state index contributed by atoms with van der Waals surface area (Å²) in [5.74, 6) is 0.882. The van der Waals surface area contributed by atoms with Crippen LogP contribution in [0, 0.1) is 5.92 Å². The molecular formula is C20H41NOS. The maximum absolute atomic E-state index is 5.79. The lowest BCUT2D eigenvalue weighted by molar-refractivity contribution is 0.000854. The average molecular weight is 344 g/mol. The van der Waals surface area contributed by atoms with Gasteiger partial charge in [-0.15, -0.1) is 12.6 Å². The zero-order valence-electron chi connectivity index (χ0n) is 15.9. The van der Waals surface area contributed by atoms with E-state index in [1.165, 1.54) is 90.3 Å². The molecule has 0 N–H and O–H groups in total. The summed E-state index contributed by atoms with van der Waals surface area (Å²) < 4.78 is 5.79. The number of hydrogen-bond acceptors (Lipinski definition) is 3. The molecule has 1 rings (SSSR count). The summed E-state index contributed by atoms with van der Waals surface area (Å²) >= 11 is 4.32. The highest BCUT2D eigenvalue weighted by Crippen LogP contribution is 2.17. The maximum Gasteiger partial charge on any atom is 0.0975 e. The van der Waals surface area contributed by atoms with E-state index in [1.807, 2.05) is 6.92 Å². The van der Waals surface area contributed by atoms with Crippen LogP contribution in [0.4, 0.5) is 0 Å². The van der Waals surface area contributed by atoms with Crippen LogP contribution < -0.4 is 0 Å². The summed E-state index contributed by atoms with van der Waals surface area (Å²) in [4.78, 5) is 2.62. The lowest BCUT2D eigenvalue weighted by Gasteiger charge is -2.32. The Bertz CT molecular complexity index is 262. The number of piperidine rings is 1. The van der Waals surface area contributed by atoms with Gasteiger partial charge in [0.2, 0.25) is 0 Å². The van der Waals surface area contributed by atoms with Gasteiger partial charge in [-0.3, -0.25) is 0 Å². The van der Waals surface area contributed by atoms with Gasteiger partial charge in [-0.1, -0.05) is 65.2 Å². The highest BCUT2D eigenvalue weighted by atomic mass is 32.1. The second-order valence-electron chi connectivity index (χ2n) is 7.79.